The van der Waals surface area contributed by atoms with Crippen LogP contribution in [0.5, 0.6) is 11.5 Å². The van der Waals surface area contributed by atoms with E-state index in [1.807, 2.05) is 17.0 Å². The Kier molecular flexibility index (Phi) is 5.44. The number of ether oxygens (including phenoxy) is 2. The summed E-state index contributed by atoms with van der Waals surface area (Å²) in [6.07, 6.45) is 0. The van der Waals surface area contributed by atoms with Gasteiger partial charge in [0.2, 0.25) is 11.9 Å². The lowest BCUT2D eigenvalue weighted by Gasteiger charge is -2.18. The molecule has 31 heavy (non-hydrogen) atoms. The van der Waals surface area contributed by atoms with Gasteiger partial charge in [0.1, 0.15) is 18.0 Å². The summed E-state index contributed by atoms with van der Waals surface area (Å²) in [5, 5.41) is 6.99. The van der Waals surface area contributed by atoms with Gasteiger partial charge in [-0.05, 0) is 36.4 Å². The molecule has 0 bridgehead atoms. The molecule has 0 atom stereocenters. The van der Waals surface area contributed by atoms with Crippen molar-refractivity contribution in [3.05, 3.63) is 69.2 Å². The molecule has 0 unspecified atom stereocenters. The smallest absolute Gasteiger partial charge is 0.333 e. The first-order chi connectivity index (χ1) is 15.0. The number of benzene rings is 2. The molecule has 0 saturated carbocycles. The molecule has 0 saturated heterocycles. The van der Waals surface area contributed by atoms with Gasteiger partial charge in [-0.2, -0.15) is 0 Å². The molecule has 2 heterocycles. The Balaban J connectivity index is 1.62. The van der Waals surface area contributed by atoms with E-state index < -0.39 is 23.6 Å². The van der Waals surface area contributed by atoms with Crippen LogP contribution in [0.25, 0.3) is 0 Å². The van der Waals surface area contributed by atoms with Crippen molar-refractivity contribution in [3.8, 4) is 11.5 Å². The number of nitrogens with zero attached hydrogens (tertiary/aromatic N) is 4. The van der Waals surface area contributed by atoms with Crippen LogP contribution in [-0.4, -0.2) is 41.0 Å². The number of carbonyl (C=O) groups excluding carboxylic acids is 1. The number of fused-ring (bicyclic) bond motifs is 1. The Hall–Kier alpha value is -4.08. The monoisotopic (exact) mass is 423 g/mol. The maximum Gasteiger partial charge on any atom is 0.333 e. The number of nitrogens with one attached hydrogen (secondary N) is 1. The lowest BCUT2D eigenvalue weighted by molar-refractivity contribution is -0.117. The molecule has 0 radical (unpaired) electrons. The Labute approximate surface area is 177 Å². The summed E-state index contributed by atoms with van der Waals surface area (Å²) in [6.45, 7) is 0.401. The minimum absolute atomic E-state index is 0.305. The standard InChI is InChI=1S/C21H21N5O5/c1-30-15-9-7-14(8-10-15)24-11-12-25-19(28)20(29)26(23-21(24)25)13-18(27)22-16-5-3-4-6-17(16)31-2/h3-10H,11-13H2,1-2H3,(H,22,27). The summed E-state index contributed by atoms with van der Waals surface area (Å²) >= 11 is 0. The number of methoxy groups -OCH3 is 2. The van der Waals surface area contributed by atoms with Crippen LogP contribution < -0.4 is 30.8 Å². The van der Waals surface area contributed by atoms with Crippen LogP contribution in [0.1, 0.15) is 0 Å². The van der Waals surface area contributed by atoms with Crippen molar-refractivity contribution in [1.29, 1.82) is 0 Å². The zero-order valence-corrected chi connectivity index (χ0v) is 17.1. The fourth-order valence-corrected chi connectivity index (χ4v) is 3.41. The molecule has 0 fully saturated rings. The first kappa shape index (κ1) is 20.2. The van der Waals surface area contributed by atoms with E-state index in [0.29, 0.717) is 36.2 Å². The molecule has 10 heteroatoms. The molecular formula is C21H21N5O5. The van der Waals surface area contributed by atoms with E-state index in [4.69, 9.17) is 9.47 Å². The summed E-state index contributed by atoms with van der Waals surface area (Å²) in [5.74, 6) is 0.986. The number of hydrogen-bond donors (Lipinski definition) is 1. The molecule has 1 aromatic heterocycles. The zero-order valence-electron chi connectivity index (χ0n) is 17.1. The predicted molar refractivity (Wildman–Crippen MR) is 114 cm³/mol. The molecule has 1 N–H and O–H groups in total. The molecule has 2 aromatic carbocycles. The summed E-state index contributed by atoms with van der Waals surface area (Å²) in [6, 6.07) is 14.2. The fourth-order valence-electron chi connectivity index (χ4n) is 3.41. The number of carbonyl (C=O) groups is 1. The minimum atomic E-state index is -0.851. The Morgan fingerprint density at radius 2 is 1.74 bits per heavy atom. The van der Waals surface area contributed by atoms with Crippen molar-refractivity contribution in [2.45, 2.75) is 13.1 Å². The second-order valence-electron chi connectivity index (χ2n) is 6.82. The predicted octanol–water partition coefficient (Wildman–Crippen LogP) is 1.21. The van der Waals surface area contributed by atoms with Gasteiger partial charge in [0.15, 0.2) is 0 Å². The number of amides is 1. The molecule has 0 aliphatic carbocycles. The molecular weight excluding hydrogens is 402 g/mol. The van der Waals surface area contributed by atoms with Gasteiger partial charge in [0.25, 0.3) is 0 Å². The summed E-state index contributed by atoms with van der Waals surface area (Å²) in [5.41, 5.74) is -0.315. The number of hydrogen-bond acceptors (Lipinski definition) is 7. The van der Waals surface area contributed by atoms with E-state index in [9.17, 15) is 14.4 Å². The molecule has 4 rings (SSSR count). The normalized spacial score (nSPS) is 12.4. The minimum Gasteiger partial charge on any atom is -0.497 e. The average Bonchev–Trinajstić information content (AvgIpc) is 3.21. The van der Waals surface area contributed by atoms with Crippen molar-refractivity contribution in [2.24, 2.45) is 0 Å². The number of para-hydroxylation sites is 2. The number of rotatable bonds is 6. The largest absolute Gasteiger partial charge is 0.497 e. The van der Waals surface area contributed by atoms with Crippen LogP contribution in [-0.2, 0) is 17.9 Å². The van der Waals surface area contributed by atoms with Crippen LogP contribution >= 0.6 is 0 Å². The highest BCUT2D eigenvalue weighted by atomic mass is 16.5. The summed E-state index contributed by atoms with van der Waals surface area (Å²) in [4.78, 5) is 39.4. The first-order valence-corrected chi connectivity index (χ1v) is 9.58. The topological polar surface area (TPSA) is 108 Å². The lowest BCUT2D eigenvalue weighted by atomic mass is 10.3. The molecule has 0 spiro atoms. The summed E-state index contributed by atoms with van der Waals surface area (Å²) < 4.78 is 12.6. The van der Waals surface area contributed by atoms with Gasteiger partial charge in [-0.15, -0.1) is 5.10 Å². The molecule has 3 aromatic rings. The van der Waals surface area contributed by atoms with E-state index in [-0.39, 0.29) is 0 Å². The molecule has 1 aliphatic rings. The number of anilines is 3. The Morgan fingerprint density at radius 1 is 1.00 bits per heavy atom. The van der Waals surface area contributed by atoms with Crippen LogP contribution in [0.2, 0.25) is 0 Å². The molecule has 160 valence electrons. The van der Waals surface area contributed by atoms with Crippen LogP contribution in [0.15, 0.2) is 58.1 Å². The molecule has 1 amide bonds. The Bertz CT molecular complexity index is 1230. The number of aromatic nitrogens is 3. The Morgan fingerprint density at radius 3 is 2.45 bits per heavy atom. The van der Waals surface area contributed by atoms with Crippen LogP contribution in [0, 0.1) is 0 Å². The van der Waals surface area contributed by atoms with Crippen molar-refractivity contribution in [3.63, 3.8) is 0 Å². The highest BCUT2D eigenvalue weighted by Crippen LogP contribution is 2.28. The van der Waals surface area contributed by atoms with Crippen molar-refractivity contribution in [1.82, 2.24) is 14.3 Å². The second kappa shape index (κ2) is 8.34. The maximum atomic E-state index is 12.6. The van der Waals surface area contributed by atoms with E-state index in [2.05, 4.69) is 10.4 Å². The van der Waals surface area contributed by atoms with Gasteiger partial charge in [-0.1, -0.05) is 12.1 Å². The van der Waals surface area contributed by atoms with E-state index >= 15 is 0 Å². The fraction of sp³-hybridized carbons (Fsp3) is 0.238. The average molecular weight is 423 g/mol. The molecule has 10 nitrogen and oxygen atoms in total. The van der Waals surface area contributed by atoms with Gasteiger partial charge in [-0.3, -0.25) is 19.0 Å². The SMILES string of the molecule is COc1ccc(N2CCn3c2nn(CC(=O)Nc2ccccc2OC)c(=O)c3=O)cc1. The lowest BCUT2D eigenvalue weighted by Crippen LogP contribution is -2.44. The van der Waals surface area contributed by atoms with E-state index in [1.165, 1.54) is 11.7 Å². The van der Waals surface area contributed by atoms with Gasteiger partial charge < -0.3 is 19.7 Å². The van der Waals surface area contributed by atoms with Crippen LogP contribution in [0.3, 0.4) is 0 Å². The van der Waals surface area contributed by atoms with E-state index in [1.54, 1.807) is 43.5 Å². The highest BCUT2D eigenvalue weighted by molar-refractivity contribution is 5.92. The van der Waals surface area contributed by atoms with Gasteiger partial charge in [0, 0.05) is 18.8 Å². The third kappa shape index (κ3) is 3.87. The van der Waals surface area contributed by atoms with Gasteiger partial charge in [0.05, 0.1) is 19.9 Å². The van der Waals surface area contributed by atoms with E-state index in [0.717, 1.165) is 10.4 Å². The van der Waals surface area contributed by atoms with Crippen molar-refractivity contribution in [2.75, 3.05) is 31.0 Å². The van der Waals surface area contributed by atoms with Crippen molar-refractivity contribution >= 4 is 23.2 Å². The highest BCUT2D eigenvalue weighted by Gasteiger charge is 2.26. The second-order valence-corrected chi connectivity index (χ2v) is 6.82. The quantitative estimate of drug-likeness (QED) is 0.594. The van der Waals surface area contributed by atoms with Crippen LogP contribution in [0.4, 0.5) is 17.3 Å². The summed E-state index contributed by atoms with van der Waals surface area (Å²) in [7, 11) is 3.07. The zero-order chi connectivity index (χ0) is 22.0. The first-order valence-electron chi connectivity index (χ1n) is 9.58. The third-order valence-electron chi connectivity index (χ3n) is 4.96. The maximum absolute atomic E-state index is 12.6. The molecule has 1 aliphatic heterocycles. The van der Waals surface area contributed by atoms with Gasteiger partial charge >= 0.3 is 11.1 Å². The third-order valence-corrected chi connectivity index (χ3v) is 4.96. The van der Waals surface area contributed by atoms with Gasteiger partial charge in [-0.25, -0.2) is 4.68 Å². The van der Waals surface area contributed by atoms with Crippen molar-refractivity contribution < 1.29 is 14.3 Å².